The highest BCUT2D eigenvalue weighted by molar-refractivity contribution is 5.82. The van der Waals surface area contributed by atoms with Crippen LogP contribution in [0.1, 0.15) is 54.6 Å². The molecule has 5 heterocycles. The van der Waals surface area contributed by atoms with E-state index in [4.69, 9.17) is 14.2 Å². The summed E-state index contributed by atoms with van der Waals surface area (Å²) in [5.41, 5.74) is 5.55. The van der Waals surface area contributed by atoms with Crippen molar-refractivity contribution in [3.05, 3.63) is 71.5 Å². The number of methoxy groups -OCH3 is 1. The summed E-state index contributed by atoms with van der Waals surface area (Å²) in [6, 6.07) is 15.0. The second-order valence-electron chi connectivity index (χ2n) is 14.4. The van der Waals surface area contributed by atoms with Crippen LogP contribution in [0, 0.1) is 5.41 Å². The monoisotopic (exact) mass is 621 g/mol. The van der Waals surface area contributed by atoms with Crippen molar-refractivity contribution in [1.29, 1.82) is 0 Å². The fraction of sp³-hybridized carbons (Fsp3) is 0.459. The third-order valence-electron chi connectivity index (χ3n) is 10.8. The van der Waals surface area contributed by atoms with Crippen molar-refractivity contribution in [2.24, 2.45) is 5.41 Å². The first-order valence-electron chi connectivity index (χ1n) is 16.6. The van der Waals surface area contributed by atoms with Crippen LogP contribution in [0.4, 0.5) is 5.69 Å². The topological polar surface area (TPSA) is 83.2 Å². The number of hydrogen-bond donors (Lipinski definition) is 1. The Labute approximate surface area is 270 Å². The van der Waals surface area contributed by atoms with Gasteiger partial charge >= 0.3 is 0 Å². The molecule has 1 spiro atoms. The fourth-order valence-corrected chi connectivity index (χ4v) is 8.05. The van der Waals surface area contributed by atoms with E-state index in [-0.39, 0.29) is 5.41 Å². The number of pyridine rings is 1. The van der Waals surface area contributed by atoms with Crippen LogP contribution in [0.2, 0.25) is 0 Å². The van der Waals surface area contributed by atoms with Crippen molar-refractivity contribution in [1.82, 2.24) is 19.8 Å². The first-order valence-corrected chi connectivity index (χ1v) is 16.6. The standard InChI is InChI=1S/C37H43N5O4/c1-36(2)7-13-45-34-31(36)14-25(15-33(34)44-3)21-40-9-11-41(12-10-40)29-18-37(19-29)23-42(24-37)28-5-4-27(22-43)32(17-28)46-30-16-26-6-8-38-35(26)39-20-30/h4-6,8,14-17,20,22,29H,7,9-13,18-19,21,23-24H2,1-3H3,(H,38,39). The number of aldehydes is 1. The summed E-state index contributed by atoms with van der Waals surface area (Å²) in [6.45, 7) is 12.8. The van der Waals surface area contributed by atoms with Crippen molar-refractivity contribution in [3.8, 4) is 23.0 Å². The second kappa shape index (κ2) is 11.3. The number of anilines is 1. The Balaban J connectivity index is 0.845. The molecule has 0 radical (unpaired) electrons. The van der Waals surface area contributed by atoms with Gasteiger partial charge in [0, 0.05) is 86.2 Å². The number of aromatic amines is 1. The van der Waals surface area contributed by atoms with Crippen molar-refractivity contribution >= 4 is 23.0 Å². The molecule has 9 heteroatoms. The molecule has 4 aromatic rings. The number of nitrogens with one attached hydrogen (secondary N) is 1. The predicted molar refractivity (Wildman–Crippen MR) is 179 cm³/mol. The van der Waals surface area contributed by atoms with E-state index in [2.05, 4.69) is 50.6 Å². The maximum absolute atomic E-state index is 11.8. The van der Waals surface area contributed by atoms with Crippen LogP contribution in [0.25, 0.3) is 11.0 Å². The van der Waals surface area contributed by atoms with E-state index in [1.165, 1.54) is 24.0 Å². The number of hydrogen-bond acceptors (Lipinski definition) is 8. The molecule has 9 nitrogen and oxygen atoms in total. The molecular formula is C37H43N5O4. The van der Waals surface area contributed by atoms with Gasteiger partial charge in [0.25, 0.3) is 0 Å². The normalized spacial score (nSPS) is 20.9. The lowest BCUT2D eigenvalue weighted by Gasteiger charge is -2.62. The van der Waals surface area contributed by atoms with Crippen LogP contribution in [-0.2, 0) is 12.0 Å². The number of aromatic nitrogens is 2. The van der Waals surface area contributed by atoms with E-state index in [9.17, 15) is 4.79 Å². The van der Waals surface area contributed by atoms with E-state index >= 15 is 0 Å². The lowest BCUT2D eigenvalue weighted by molar-refractivity contribution is -0.0380. The summed E-state index contributed by atoms with van der Waals surface area (Å²) in [7, 11) is 1.75. The lowest BCUT2D eigenvalue weighted by Crippen LogP contribution is -2.68. The smallest absolute Gasteiger partial charge is 0.164 e. The fourth-order valence-electron chi connectivity index (χ4n) is 8.05. The molecule has 240 valence electrons. The first-order chi connectivity index (χ1) is 22.3. The lowest BCUT2D eigenvalue weighted by atomic mass is 9.60. The van der Waals surface area contributed by atoms with Crippen molar-refractivity contribution in [2.45, 2.75) is 51.1 Å². The van der Waals surface area contributed by atoms with Crippen molar-refractivity contribution in [2.75, 3.05) is 57.9 Å². The van der Waals surface area contributed by atoms with Gasteiger partial charge in [0.2, 0.25) is 0 Å². The third-order valence-corrected chi connectivity index (χ3v) is 10.8. The molecule has 8 rings (SSSR count). The molecule has 0 amide bonds. The molecule has 2 aromatic heterocycles. The summed E-state index contributed by atoms with van der Waals surface area (Å²) >= 11 is 0. The van der Waals surface area contributed by atoms with E-state index in [1.54, 1.807) is 13.3 Å². The van der Waals surface area contributed by atoms with Crippen molar-refractivity contribution in [3.63, 3.8) is 0 Å². The second-order valence-corrected chi connectivity index (χ2v) is 14.4. The number of benzene rings is 2. The largest absolute Gasteiger partial charge is 0.493 e. The quantitative estimate of drug-likeness (QED) is 0.239. The molecule has 0 bridgehead atoms. The average molecular weight is 622 g/mol. The van der Waals surface area contributed by atoms with Gasteiger partial charge in [0.1, 0.15) is 17.1 Å². The number of carbonyl (C=O) groups is 1. The van der Waals surface area contributed by atoms with Gasteiger partial charge in [-0.05, 0) is 66.6 Å². The van der Waals surface area contributed by atoms with Gasteiger partial charge in [-0.15, -0.1) is 0 Å². The predicted octanol–water partition coefficient (Wildman–Crippen LogP) is 6.02. The van der Waals surface area contributed by atoms with Gasteiger partial charge in [-0.25, -0.2) is 4.98 Å². The van der Waals surface area contributed by atoms with E-state index < -0.39 is 0 Å². The molecule has 1 saturated carbocycles. The molecule has 2 saturated heterocycles. The van der Waals surface area contributed by atoms with Gasteiger partial charge in [-0.2, -0.15) is 0 Å². The summed E-state index contributed by atoms with van der Waals surface area (Å²) in [5.74, 6) is 2.98. The minimum absolute atomic E-state index is 0.0951. The van der Waals surface area contributed by atoms with Gasteiger partial charge in [0.05, 0.1) is 25.5 Å². The number of ether oxygens (including phenoxy) is 3. The average Bonchev–Trinajstić information content (AvgIpc) is 3.49. The summed E-state index contributed by atoms with van der Waals surface area (Å²) in [5, 5.41) is 0.974. The van der Waals surface area contributed by atoms with Crippen LogP contribution in [0.15, 0.2) is 54.9 Å². The van der Waals surface area contributed by atoms with Gasteiger partial charge in [-0.3, -0.25) is 14.6 Å². The Morgan fingerprint density at radius 3 is 2.65 bits per heavy atom. The highest BCUT2D eigenvalue weighted by Crippen LogP contribution is 2.52. The number of nitrogens with zero attached hydrogens (tertiary/aromatic N) is 4. The molecule has 0 atom stereocenters. The number of piperazine rings is 1. The highest BCUT2D eigenvalue weighted by Gasteiger charge is 2.54. The zero-order valence-electron chi connectivity index (χ0n) is 27.1. The number of fused-ring (bicyclic) bond motifs is 2. The summed E-state index contributed by atoms with van der Waals surface area (Å²) in [4.78, 5) is 27.0. The molecule has 4 aliphatic rings. The zero-order valence-corrected chi connectivity index (χ0v) is 27.1. The maximum atomic E-state index is 11.8. The van der Waals surface area contributed by atoms with E-state index in [0.29, 0.717) is 28.5 Å². The number of carbonyl (C=O) groups excluding carboxylic acids is 1. The van der Waals surface area contributed by atoms with Crippen LogP contribution in [0.5, 0.6) is 23.0 Å². The molecule has 2 aromatic carbocycles. The van der Waals surface area contributed by atoms with E-state index in [0.717, 1.165) is 93.3 Å². The molecule has 1 aliphatic carbocycles. The third kappa shape index (κ3) is 5.29. The molecule has 1 N–H and O–H groups in total. The molecule has 0 unspecified atom stereocenters. The Hall–Kier alpha value is -4.08. The Morgan fingerprint density at radius 2 is 1.87 bits per heavy atom. The van der Waals surface area contributed by atoms with Crippen molar-refractivity contribution < 1.29 is 19.0 Å². The summed E-state index contributed by atoms with van der Waals surface area (Å²) in [6.07, 6.45) is 7.95. The van der Waals surface area contributed by atoms with Crippen LogP contribution in [0.3, 0.4) is 0 Å². The Morgan fingerprint density at radius 1 is 1.04 bits per heavy atom. The Kier molecular flexibility index (Phi) is 7.21. The Bertz CT molecular complexity index is 1760. The molecule has 46 heavy (non-hydrogen) atoms. The van der Waals surface area contributed by atoms with Gasteiger partial charge < -0.3 is 24.1 Å². The first kappa shape index (κ1) is 29.3. The van der Waals surface area contributed by atoms with Crippen LogP contribution in [-0.4, -0.2) is 85.1 Å². The zero-order chi connectivity index (χ0) is 31.5. The molecule has 3 aliphatic heterocycles. The van der Waals surface area contributed by atoms with E-state index in [1.807, 2.05) is 36.5 Å². The number of H-pyrrole nitrogens is 1. The highest BCUT2D eigenvalue weighted by atomic mass is 16.5. The van der Waals surface area contributed by atoms with Crippen LogP contribution >= 0.6 is 0 Å². The minimum atomic E-state index is 0.0951. The van der Waals surface area contributed by atoms with Crippen LogP contribution < -0.4 is 19.1 Å². The maximum Gasteiger partial charge on any atom is 0.164 e. The SMILES string of the molecule is COc1cc(CN2CCN(C3CC4(C3)CN(c3ccc(C=O)c(Oc5cnc6[nH]ccc6c5)c3)C4)CC2)cc2c1OCCC2(C)C. The van der Waals surface area contributed by atoms with Gasteiger partial charge in [-0.1, -0.05) is 13.8 Å². The minimum Gasteiger partial charge on any atom is -0.493 e. The molecule has 3 fully saturated rings. The molecular weight excluding hydrogens is 578 g/mol. The number of rotatable bonds is 8. The van der Waals surface area contributed by atoms with Gasteiger partial charge in [0.15, 0.2) is 17.8 Å². The summed E-state index contributed by atoms with van der Waals surface area (Å²) < 4.78 is 17.9.